The summed E-state index contributed by atoms with van der Waals surface area (Å²) in [5.74, 6) is 0.0645. The molecule has 0 aliphatic rings. The molecule has 0 aromatic heterocycles. The molecular weight excluding hydrogens is 316 g/mol. The largest absolute Gasteiger partial charge is 0.484 e. The Morgan fingerprint density at radius 1 is 1.13 bits per heavy atom. The third kappa shape index (κ3) is 5.30. The lowest BCUT2D eigenvalue weighted by molar-refractivity contribution is -0.118. The number of hydrogen-bond acceptors (Lipinski definition) is 3. The van der Waals surface area contributed by atoms with E-state index in [9.17, 15) is 9.59 Å². The van der Waals surface area contributed by atoms with Crippen LogP contribution in [0.4, 0.5) is 5.69 Å². The molecule has 6 heteroatoms. The summed E-state index contributed by atoms with van der Waals surface area (Å²) < 4.78 is 5.36. The fourth-order valence-electron chi connectivity index (χ4n) is 1.88. The van der Waals surface area contributed by atoms with Gasteiger partial charge in [0.05, 0.1) is 0 Å². The van der Waals surface area contributed by atoms with E-state index in [0.717, 1.165) is 0 Å². The zero-order valence-electron chi connectivity index (χ0n) is 12.6. The highest BCUT2D eigenvalue weighted by Gasteiger charge is 2.07. The van der Waals surface area contributed by atoms with Gasteiger partial charge in [-0.3, -0.25) is 9.59 Å². The molecule has 23 heavy (non-hydrogen) atoms. The van der Waals surface area contributed by atoms with Crippen molar-refractivity contribution < 1.29 is 14.3 Å². The summed E-state index contributed by atoms with van der Waals surface area (Å²) in [5, 5.41) is 6.00. The van der Waals surface area contributed by atoms with Gasteiger partial charge in [-0.1, -0.05) is 17.7 Å². The summed E-state index contributed by atoms with van der Waals surface area (Å²) in [5.41, 5.74) is 1.03. The Morgan fingerprint density at radius 3 is 2.57 bits per heavy atom. The monoisotopic (exact) mass is 332 g/mol. The molecule has 0 atom stereocenters. The molecule has 2 aromatic carbocycles. The first-order chi connectivity index (χ1) is 11.1. The molecular formula is C17H17ClN2O3. The molecule has 0 saturated heterocycles. The van der Waals surface area contributed by atoms with E-state index in [-0.39, 0.29) is 18.4 Å². The molecule has 0 aliphatic carbocycles. The number of hydrogen-bond donors (Lipinski definition) is 2. The van der Waals surface area contributed by atoms with E-state index < -0.39 is 0 Å². The zero-order chi connectivity index (χ0) is 16.7. The lowest BCUT2D eigenvalue weighted by atomic mass is 10.2. The van der Waals surface area contributed by atoms with Gasteiger partial charge in [0.1, 0.15) is 5.75 Å². The van der Waals surface area contributed by atoms with Gasteiger partial charge < -0.3 is 15.4 Å². The van der Waals surface area contributed by atoms with Crippen molar-refractivity contribution in [2.75, 3.05) is 18.5 Å². The Hall–Kier alpha value is -2.53. The first-order valence-corrected chi connectivity index (χ1v) is 7.52. The number of ether oxygens (including phenoxy) is 1. The topological polar surface area (TPSA) is 67.4 Å². The minimum Gasteiger partial charge on any atom is -0.484 e. The summed E-state index contributed by atoms with van der Waals surface area (Å²) >= 11 is 5.78. The van der Waals surface area contributed by atoms with E-state index in [1.54, 1.807) is 48.5 Å². The second-order valence-electron chi connectivity index (χ2n) is 4.73. The van der Waals surface area contributed by atoms with E-state index in [4.69, 9.17) is 16.3 Å². The van der Waals surface area contributed by atoms with Crippen LogP contribution in [-0.4, -0.2) is 25.0 Å². The van der Waals surface area contributed by atoms with Crippen LogP contribution < -0.4 is 15.4 Å². The lowest BCUT2D eigenvalue weighted by Crippen LogP contribution is -2.23. The minimum atomic E-state index is -0.312. The van der Waals surface area contributed by atoms with Gasteiger partial charge in [0.15, 0.2) is 6.61 Å². The van der Waals surface area contributed by atoms with Crippen LogP contribution in [-0.2, 0) is 4.79 Å². The number of carbonyl (C=O) groups is 2. The smallest absolute Gasteiger partial charge is 0.262 e. The lowest BCUT2D eigenvalue weighted by Gasteiger charge is -2.09. The second kappa shape index (κ2) is 8.19. The quantitative estimate of drug-likeness (QED) is 0.854. The van der Waals surface area contributed by atoms with Crippen molar-refractivity contribution >= 4 is 29.1 Å². The van der Waals surface area contributed by atoms with E-state index in [1.807, 2.05) is 6.92 Å². The molecule has 2 N–H and O–H groups in total. The maximum atomic E-state index is 11.9. The van der Waals surface area contributed by atoms with Crippen LogP contribution >= 0.6 is 11.6 Å². The number of rotatable bonds is 6. The Labute approximate surface area is 139 Å². The van der Waals surface area contributed by atoms with Gasteiger partial charge in [0.25, 0.3) is 11.8 Å². The summed E-state index contributed by atoms with van der Waals surface area (Å²) in [6.45, 7) is 2.26. The molecule has 0 fully saturated rings. The van der Waals surface area contributed by atoms with Crippen LogP contribution in [0, 0.1) is 0 Å². The van der Waals surface area contributed by atoms with E-state index >= 15 is 0 Å². The molecule has 2 aromatic rings. The van der Waals surface area contributed by atoms with Gasteiger partial charge in [-0.05, 0) is 49.4 Å². The summed E-state index contributed by atoms with van der Waals surface area (Å²) in [6.07, 6.45) is 0. The van der Waals surface area contributed by atoms with E-state index in [0.29, 0.717) is 28.6 Å². The third-order valence-corrected chi connectivity index (χ3v) is 3.18. The predicted octanol–water partition coefficient (Wildman–Crippen LogP) is 3.11. The number of benzene rings is 2. The fraction of sp³-hybridized carbons (Fsp3) is 0.176. The standard InChI is InChI=1S/C17H17ClN2O3/c1-2-19-17(22)12-4-3-5-14(10-12)20-16(21)11-23-15-8-6-13(18)7-9-15/h3-10H,2,11H2,1H3,(H,19,22)(H,20,21). The summed E-state index contributed by atoms with van der Waals surface area (Å²) in [7, 11) is 0. The van der Waals surface area contributed by atoms with Crippen LogP contribution in [0.25, 0.3) is 0 Å². The fourth-order valence-corrected chi connectivity index (χ4v) is 2.00. The molecule has 0 saturated carbocycles. The first kappa shape index (κ1) is 16.8. The molecule has 0 unspecified atom stereocenters. The maximum Gasteiger partial charge on any atom is 0.262 e. The van der Waals surface area contributed by atoms with Crippen molar-refractivity contribution in [2.45, 2.75) is 6.92 Å². The van der Waals surface area contributed by atoms with Crippen molar-refractivity contribution in [1.29, 1.82) is 0 Å². The highest BCUT2D eigenvalue weighted by Crippen LogP contribution is 2.15. The Kier molecular flexibility index (Phi) is 6.00. The van der Waals surface area contributed by atoms with Gasteiger partial charge in [-0.15, -0.1) is 0 Å². The molecule has 0 bridgehead atoms. The zero-order valence-corrected chi connectivity index (χ0v) is 13.4. The van der Waals surface area contributed by atoms with Crippen molar-refractivity contribution in [2.24, 2.45) is 0 Å². The second-order valence-corrected chi connectivity index (χ2v) is 5.17. The molecule has 120 valence electrons. The Balaban J connectivity index is 1.91. The minimum absolute atomic E-state index is 0.132. The summed E-state index contributed by atoms with van der Waals surface area (Å²) in [4.78, 5) is 23.7. The van der Waals surface area contributed by atoms with E-state index in [1.165, 1.54) is 0 Å². The summed E-state index contributed by atoms with van der Waals surface area (Å²) in [6, 6.07) is 13.5. The average molecular weight is 333 g/mol. The van der Waals surface area contributed by atoms with Crippen molar-refractivity contribution in [1.82, 2.24) is 5.32 Å². The molecule has 2 amide bonds. The average Bonchev–Trinajstić information content (AvgIpc) is 2.55. The molecule has 0 aliphatic heterocycles. The Bertz CT molecular complexity index is 686. The highest BCUT2D eigenvalue weighted by atomic mass is 35.5. The predicted molar refractivity (Wildman–Crippen MR) is 90.0 cm³/mol. The molecule has 5 nitrogen and oxygen atoms in total. The molecule has 2 rings (SSSR count). The van der Waals surface area contributed by atoms with E-state index in [2.05, 4.69) is 10.6 Å². The van der Waals surface area contributed by atoms with Gasteiger partial charge >= 0.3 is 0 Å². The Morgan fingerprint density at radius 2 is 1.87 bits per heavy atom. The highest BCUT2D eigenvalue weighted by molar-refractivity contribution is 6.30. The molecule has 0 heterocycles. The number of amides is 2. The van der Waals surface area contributed by atoms with Crippen LogP contribution in [0.3, 0.4) is 0 Å². The normalized spacial score (nSPS) is 10.0. The molecule has 0 spiro atoms. The maximum absolute atomic E-state index is 11.9. The van der Waals surface area contributed by atoms with Crippen LogP contribution in [0.1, 0.15) is 17.3 Å². The van der Waals surface area contributed by atoms with Gasteiger partial charge in [-0.2, -0.15) is 0 Å². The van der Waals surface area contributed by atoms with Gasteiger partial charge in [0.2, 0.25) is 0 Å². The third-order valence-electron chi connectivity index (χ3n) is 2.93. The van der Waals surface area contributed by atoms with Crippen LogP contribution in [0.15, 0.2) is 48.5 Å². The first-order valence-electron chi connectivity index (χ1n) is 7.15. The van der Waals surface area contributed by atoms with Crippen LogP contribution in [0.2, 0.25) is 5.02 Å². The van der Waals surface area contributed by atoms with Gasteiger partial charge in [-0.25, -0.2) is 0 Å². The number of carbonyl (C=O) groups excluding carboxylic acids is 2. The number of nitrogens with one attached hydrogen (secondary N) is 2. The van der Waals surface area contributed by atoms with Gasteiger partial charge in [0, 0.05) is 22.8 Å². The molecule has 0 radical (unpaired) electrons. The van der Waals surface area contributed by atoms with Crippen molar-refractivity contribution in [3.05, 3.63) is 59.1 Å². The van der Waals surface area contributed by atoms with Crippen molar-refractivity contribution in [3.63, 3.8) is 0 Å². The SMILES string of the molecule is CCNC(=O)c1cccc(NC(=O)COc2ccc(Cl)cc2)c1. The number of halogens is 1. The van der Waals surface area contributed by atoms with Crippen molar-refractivity contribution in [3.8, 4) is 5.75 Å². The van der Waals surface area contributed by atoms with Crippen LogP contribution in [0.5, 0.6) is 5.75 Å². The number of anilines is 1.